The van der Waals surface area contributed by atoms with E-state index in [2.05, 4.69) is 5.10 Å². The van der Waals surface area contributed by atoms with Gasteiger partial charge in [-0.2, -0.15) is 0 Å². The molecule has 0 spiro atoms. The smallest absolute Gasteiger partial charge is 0.294 e. The van der Waals surface area contributed by atoms with E-state index in [0.717, 1.165) is 0 Å². The van der Waals surface area contributed by atoms with Gasteiger partial charge in [-0.1, -0.05) is 30.1 Å². The first-order valence-corrected chi connectivity index (χ1v) is 5.85. The van der Waals surface area contributed by atoms with Gasteiger partial charge in [0.15, 0.2) is 0 Å². The van der Waals surface area contributed by atoms with Crippen LogP contribution >= 0.6 is 23.2 Å². The van der Waals surface area contributed by atoms with Crippen LogP contribution in [-0.4, -0.2) is 9.78 Å². The van der Waals surface area contributed by atoms with Gasteiger partial charge in [-0.15, -0.1) is 0 Å². The number of H-pyrrole nitrogens is 1. The normalized spacial score (nSPS) is 10.8. The lowest BCUT2D eigenvalue weighted by Crippen LogP contribution is -2.16. The molecule has 1 aromatic heterocycles. The molecule has 0 aliphatic heterocycles. The lowest BCUT2D eigenvalue weighted by molar-refractivity contribution is 0.819. The van der Waals surface area contributed by atoms with Crippen LogP contribution in [0.2, 0.25) is 10.0 Å². The van der Waals surface area contributed by atoms with Gasteiger partial charge in [-0.25, -0.2) is 4.68 Å². The van der Waals surface area contributed by atoms with Crippen molar-refractivity contribution in [2.45, 2.75) is 13.3 Å². The van der Waals surface area contributed by atoms with Gasteiger partial charge in [0, 0.05) is 0 Å². The Labute approximate surface area is 108 Å². The zero-order valence-electron chi connectivity index (χ0n) is 9.13. The van der Waals surface area contributed by atoms with E-state index in [1.165, 1.54) is 4.68 Å². The molecule has 0 bridgehead atoms. The van der Waals surface area contributed by atoms with Crippen molar-refractivity contribution in [2.24, 2.45) is 0 Å². The second kappa shape index (κ2) is 4.47. The summed E-state index contributed by atoms with van der Waals surface area (Å²) in [5.41, 5.74) is 6.97. The molecule has 0 radical (unpaired) electrons. The minimum absolute atomic E-state index is 0.235. The van der Waals surface area contributed by atoms with E-state index in [1.807, 2.05) is 6.92 Å². The summed E-state index contributed by atoms with van der Waals surface area (Å²) in [7, 11) is 0. The fourth-order valence-electron chi connectivity index (χ4n) is 1.57. The summed E-state index contributed by atoms with van der Waals surface area (Å²) in [6.45, 7) is 1.92. The fraction of sp³-hybridized carbons (Fsp3) is 0.182. The van der Waals surface area contributed by atoms with Crippen LogP contribution in [0.4, 0.5) is 5.69 Å². The van der Waals surface area contributed by atoms with Crippen molar-refractivity contribution >= 4 is 28.9 Å². The molecule has 17 heavy (non-hydrogen) atoms. The van der Waals surface area contributed by atoms with Crippen LogP contribution in [0, 0.1) is 0 Å². The van der Waals surface area contributed by atoms with Gasteiger partial charge in [0.05, 0.1) is 21.4 Å². The first-order valence-electron chi connectivity index (χ1n) is 5.09. The summed E-state index contributed by atoms with van der Waals surface area (Å²) in [4.78, 5) is 11.9. The van der Waals surface area contributed by atoms with E-state index in [-0.39, 0.29) is 11.2 Å². The van der Waals surface area contributed by atoms with Crippen molar-refractivity contribution in [1.82, 2.24) is 9.78 Å². The van der Waals surface area contributed by atoms with Gasteiger partial charge < -0.3 is 5.73 Å². The second-order valence-electron chi connectivity index (χ2n) is 3.60. The first kappa shape index (κ1) is 12.1. The average Bonchev–Trinajstić information content (AvgIpc) is 2.60. The number of halogens is 2. The van der Waals surface area contributed by atoms with Gasteiger partial charge >= 0.3 is 0 Å². The Balaban J connectivity index is 2.61. The molecule has 0 atom stereocenters. The molecule has 0 saturated carbocycles. The molecule has 0 saturated heterocycles. The van der Waals surface area contributed by atoms with E-state index in [4.69, 9.17) is 28.9 Å². The highest BCUT2D eigenvalue weighted by atomic mass is 35.5. The van der Waals surface area contributed by atoms with Crippen LogP contribution in [0.1, 0.15) is 12.6 Å². The number of aromatic amines is 1. The number of nitrogens with one attached hydrogen (secondary N) is 1. The van der Waals surface area contributed by atoms with E-state index in [9.17, 15) is 4.79 Å². The molecule has 3 N–H and O–H groups in total. The first-order chi connectivity index (χ1) is 8.04. The zero-order chi connectivity index (χ0) is 12.6. The fourth-order valence-corrected chi connectivity index (χ4v) is 1.86. The largest absolute Gasteiger partial charge is 0.393 e. The highest BCUT2D eigenvalue weighted by molar-refractivity contribution is 6.42. The van der Waals surface area contributed by atoms with Crippen LogP contribution < -0.4 is 11.3 Å². The SMILES string of the molecule is CCc1[nH]n(-c2ccc(Cl)c(Cl)c2)c(=O)c1N. The van der Waals surface area contributed by atoms with Crippen molar-refractivity contribution in [1.29, 1.82) is 0 Å². The maximum atomic E-state index is 11.9. The summed E-state index contributed by atoms with van der Waals surface area (Å²) in [5, 5.41) is 3.77. The van der Waals surface area contributed by atoms with Crippen LogP contribution in [0.25, 0.3) is 5.69 Å². The number of hydrogen-bond acceptors (Lipinski definition) is 2. The summed E-state index contributed by atoms with van der Waals surface area (Å²) < 4.78 is 1.36. The molecule has 90 valence electrons. The van der Waals surface area contributed by atoms with E-state index < -0.39 is 0 Å². The maximum Gasteiger partial charge on any atom is 0.294 e. The quantitative estimate of drug-likeness (QED) is 0.882. The Kier molecular flexibility index (Phi) is 3.17. The number of nitrogens with zero attached hydrogens (tertiary/aromatic N) is 1. The Morgan fingerprint density at radius 3 is 2.59 bits per heavy atom. The molecule has 6 heteroatoms. The molecule has 2 rings (SSSR count). The van der Waals surface area contributed by atoms with Gasteiger partial charge in [-0.3, -0.25) is 9.89 Å². The van der Waals surface area contributed by atoms with E-state index >= 15 is 0 Å². The molecule has 0 fully saturated rings. The molecule has 0 aliphatic rings. The summed E-state index contributed by atoms with van der Waals surface area (Å²) in [6, 6.07) is 4.94. The number of rotatable bonds is 2. The third-order valence-electron chi connectivity index (χ3n) is 2.52. The number of benzene rings is 1. The molecule has 0 aliphatic carbocycles. The zero-order valence-corrected chi connectivity index (χ0v) is 10.6. The molecule has 1 aromatic carbocycles. The average molecular weight is 272 g/mol. The van der Waals surface area contributed by atoms with Crippen LogP contribution in [-0.2, 0) is 6.42 Å². The lowest BCUT2D eigenvalue weighted by atomic mass is 10.3. The highest BCUT2D eigenvalue weighted by Gasteiger charge is 2.11. The van der Waals surface area contributed by atoms with Crippen molar-refractivity contribution in [3.05, 3.63) is 44.3 Å². The predicted molar refractivity (Wildman–Crippen MR) is 70.2 cm³/mol. The lowest BCUT2D eigenvalue weighted by Gasteiger charge is -2.03. The maximum absolute atomic E-state index is 11.9. The van der Waals surface area contributed by atoms with Crippen LogP contribution in [0.5, 0.6) is 0 Å². The number of anilines is 1. The second-order valence-corrected chi connectivity index (χ2v) is 4.41. The van der Waals surface area contributed by atoms with E-state index in [0.29, 0.717) is 27.8 Å². The highest BCUT2D eigenvalue weighted by Crippen LogP contribution is 2.24. The van der Waals surface area contributed by atoms with Crippen LogP contribution in [0.15, 0.2) is 23.0 Å². The monoisotopic (exact) mass is 271 g/mol. The number of nitrogens with two attached hydrogens (primary N) is 1. The number of nitrogen functional groups attached to an aromatic ring is 1. The molecule has 4 nitrogen and oxygen atoms in total. The topological polar surface area (TPSA) is 63.8 Å². The molecule has 0 unspecified atom stereocenters. The molecule has 1 heterocycles. The molecular weight excluding hydrogens is 261 g/mol. The Morgan fingerprint density at radius 2 is 2.06 bits per heavy atom. The number of hydrogen-bond donors (Lipinski definition) is 2. The Morgan fingerprint density at radius 1 is 1.35 bits per heavy atom. The van der Waals surface area contributed by atoms with Crippen LogP contribution in [0.3, 0.4) is 0 Å². The minimum atomic E-state index is -0.278. The molecule has 2 aromatic rings. The van der Waals surface area contributed by atoms with Crippen molar-refractivity contribution in [3.63, 3.8) is 0 Å². The van der Waals surface area contributed by atoms with Gasteiger partial charge in [0.1, 0.15) is 5.69 Å². The standard InChI is InChI=1S/C11H11Cl2N3O/c1-2-9-10(14)11(17)16(15-9)6-3-4-7(12)8(13)5-6/h3-5,15H,2,14H2,1H3. The summed E-state index contributed by atoms with van der Waals surface area (Å²) in [5.74, 6) is 0. The van der Waals surface area contributed by atoms with Gasteiger partial charge in [0.25, 0.3) is 5.56 Å². The molecule has 0 amide bonds. The van der Waals surface area contributed by atoms with Crippen molar-refractivity contribution in [2.75, 3.05) is 5.73 Å². The number of aryl methyl sites for hydroxylation is 1. The summed E-state index contributed by atoms with van der Waals surface area (Å²) >= 11 is 11.7. The van der Waals surface area contributed by atoms with Gasteiger partial charge in [0.2, 0.25) is 0 Å². The van der Waals surface area contributed by atoms with E-state index in [1.54, 1.807) is 18.2 Å². The van der Waals surface area contributed by atoms with Crippen molar-refractivity contribution < 1.29 is 0 Å². The summed E-state index contributed by atoms with van der Waals surface area (Å²) in [6.07, 6.45) is 0.662. The third kappa shape index (κ3) is 2.06. The molecular formula is C11H11Cl2N3O. The third-order valence-corrected chi connectivity index (χ3v) is 3.26. The number of aromatic nitrogens is 2. The minimum Gasteiger partial charge on any atom is -0.393 e. The van der Waals surface area contributed by atoms with Crippen molar-refractivity contribution in [3.8, 4) is 5.69 Å². The Hall–Kier alpha value is -1.39. The predicted octanol–water partition coefficient (Wildman–Crippen LogP) is 2.62. The Bertz CT molecular complexity index is 616. The van der Waals surface area contributed by atoms with Gasteiger partial charge in [-0.05, 0) is 24.6 Å².